The Kier molecular flexibility index (Phi) is 5.90. The number of rotatable bonds is 5. The van der Waals surface area contributed by atoms with E-state index in [4.69, 9.17) is 4.74 Å². The summed E-state index contributed by atoms with van der Waals surface area (Å²) < 4.78 is 20.0. The van der Waals surface area contributed by atoms with E-state index >= 15 is 0 Å². The van der Waals surface area contributed by atoms with Crippen molar-refractivity contribution in [3.63, 3.8) is 0 Å². The van der Waals surface area contributed by atoms with Crippen molar-refractivity contribution in [2.24, 2.45) is 0 Å². The average Bonchev–Trinajstić information content (AvgIpc) is 3.16. The number of hydrogen-bond donors (Lipinski definition) is 1. The van der Waals surface area contributed by atoms with Gasteiger partial charge in [-0.15, -0.1) is 0 Å². The van der Waals surface area contributed by atoms with E-state index in [-0.39, 0.29) is 11.7 Å². The van der Waals surface area contributed by atoms with Gasteiger partial charge in [-0.25, -0.2) is 4.39 Å². The maximum absolute atomic E-state index is 14.0. The molecule has 1 saturated heterocycles. The van der Waals surface area contributed by atoms with E-state index in [1.54, 1.807) is 13.2 Å². The molecule has 0 atom stereocenters. The lowest BCUT2D eigenvalue weighted by atomic mass is 9.89. The number of piperidine rings is 1. The molecule has 1 aliphatic heterocycles. The zero-order chi connectivity index (χ0) is 20.4. The first-order valence-corrected chi connectivity index (χ1v) is 10.7. The van der Waals surface area contributed by atoms with Crippen LogP contribution in [0.1, 0.15) is 36.3 Å². The Bertz CT molecular complexity index is 1020. The molecule has 0 unspecified atom stereocenters. The van der Waals surface area contributed by atoms with Crippen LogP contribution >= 0.6 is 15.9 Å². The van der Waals surface area contributed by atoms with Crippen molar-refractivity contribution in [3.8, 4) is 5.75 Å². The first-order chi connectivity index (χ1) is 14.0. The Morgan fingerprint density at radius 1 is 1.24 bits per heavy atom. The van der Waals surface area contributed by atoms with Gasteiger partial charge < -0.3 is 14.6 Å². The lowest BCUT2D eigenvalue weighted by molar-refractivity contribution is -0.132. The highest BCUT2D eigenvalue weighted by molar-refractivity contribution is 9.10. The van der Waals surface area contributed by atoms with Gasteiger partial charge in [-0.2, -0.15) is 0 Å². The standard InChI is InChI=1S/C23H24BrFN2O2/c1-29-18-5-6-22-19(13-18)20(14-26-22)15-8-10-27(11-9-15)23(28)7-3-16-2-4-17(24)12-21(16)25/h2,4-6,12-15,26H,3,7-11H2,1H3. The van der Waals surface area contributed by atoms with Crippen LogP contribution in [0.3, 0.4) is 0 Å². The number of carbonyl (C=O) groups is 1. The summed E-state index contributed by atoms with van der Waals surface area (Å²) in [5.74, 6) is 1.11. The molecule has 4 nitrogen and oxygen atoms in total. The maximum atomic E-state index is 14.0. The first-order valence-electron chi connectivity index (χ1n) is 9.92. The molecule has 1 fully saturated rings. The summed E-state index contributed by atoms with van der Waals surface area (Å²) >= 11 is 3.26. The van der Waals surface area contributed by atoms with Gasteiger partial charge in [-0.1, -0.05) is 22.0 Å². The highest BCUT2D eigenvalue weighted by Gasteiger charge is 2.25. The van der Waals surface area contributed by atoms with E-state index in [0.717, 1.165) is 37.2 Å². The lowest BCUT2D eigenvalue weighted by Gasteiger charge is -2.32. The molecule has 3 aromatic rings. The number of aromatic nitrogens is 1. The molecule has 2 aromatic carbocycles. The number of methoxy groups -OCH3 is 1. The Morgan fingerprint density at radius 2 is 2.03 bits per heavy atom. The number of H-pyrrole nitrogens is 1. The molecule has 2 heterocycles. The van der Waals surface area contributed by atoms with Gasteiger partial charge in [0, 0.05) is 41.1 Å². The van der Waals surface area contributed by atoms with Crippen LogP contribution in [0.25, 0.3) is 10.9 Å². The lowest BCUT2D eigenvalue weighted by Crippen LogP contribution is -2.38. The van der Waals surface area contributed by atoms with Gasteiger partial charge in [0.05, 0.1) is 7.11 Å². The number of aromatic amines is 1. The quantitative estimate of drug-likeness (QED) is 0.554. The molecule has 0 bridgehead atoms. The molecule has 4 rings (SSSR count). The van der Waals surface area contributed by atoms with Crippen LogP contribution in [0.4, 0.5) is 4.39 Å². The van der Waals surface area contributed by atoms with E-state index in [9.17, 15) is 9.18 Å². The molecule has 0 spiro atoms. The Hall–Kier alpha value is -2.34. The largest absolute Gasteiger partial charge is 0.497 e. The van der Waals surface area contributed by atoms with Crippen LogP contribution in [0.5, 0.6) is 5.75 Å². The molecule has 0 radical (unpaired) electrons. The Balaban J connectivity index is 1.36. The fraction of sp³-hybridized carbons (Fsp3) is 0.348. The van der Waals surface area contributed by atoms with Gasteiger partial charge in [-0.05, 0) is 66.6 Å². The minimum atomic E-state index is -0.263. The summed E-state index contributed by atoms with van der Waals surface area (Å²) in [7, 11) is 1.68. The molecule has 1 amide bonds. The fourth-order valence-electron chi connectivity index (χ4n) is 4.15. The molecule has 1 N–H and O–H groups in total. The molecule has 0 aliphatic carbocycles. The second kappa shape index (κ2) is 8.57. The summed E-state index contributed by atoms with van der Waals surface area (Å²) in [5, 5.41) is 1.19. The average molecular weight is 459 g/mol. The molecule has 6 heteroatoms. The number of benzene rings is 2. The third-order valence-corrected chi connectivity index (χ3v) is 6.32. The number of aryl methyl sites for hydroxylation is 1. The zero-order valence-corrected chi connectivity index (χ0v) is 18.0. The number of halogens is 2. The highest BCUT2D eigenvalue weighted by atomic mass is 79.9. The van der Waals surface area contributed by atoms with Gasteiger partial charge in [0.2, 0.25) is 5.91 Å². The molecule has 1 aromatic heterocycles. The SMILES string of the molecule is COc1ccc2[nH]cc(C3CCN(C(=O)CCc4ccc(Br)cc4F)CC3)c2c1. The number of fused-ring (bicyclic) bond motifs is 1. The van der Waals surface area contributed by atoms with E-state index in [0.29, 0.717) is 28.8 Å². The summed E-state index contributed by atoms with van der Waals surface area (Å²) in [6.45, 7) is 1.48. The number of carbonyl (C=O) groups excluding carboxylic acids is 1. The third-order valence-electron chi connectivity index (χ3n) is 5.83. The number of hydrogen-bond acceptors (Lipinski definition) is 2. The van der Waals surface area contributed by atoms with Gasteiger partial charge in [0.1, 0.15) is 11.6 Å². The fourth-order valence-corrected chi connectivity index (χ4v) is 4.48. The second-order valence-electron chi connectivity index (χ2n) is 7.55. The van der Waals surface area contributed by atoms with Crippen molar-refractivity contribution < 1.29 is 13.9 Å². The molecule has 29 heavy (non-hydrogen) atoms. The zero-order valence-electron chi connectivity index (χ0n) is 16.4. The first kappa shape index (κ1) is 20.0. The number of ether oxygens (including phenoxy) is 1. The van der Waals surface area contributed by atoms with Gasteiger partial charge in [-0.3, -0.25) is 4.79 Å². The molecule has 152 valence electrons. The second-order valence-corrected chi connectivity index (χ2v) is 8.46. The maximum Gasteiger partial charge on any atom is 0.222 e. The summed E-state index contributed by atoms with van der Waals surface area (Å²) in [5.41, 5.74) is 2.99. The monoisotopic (exact) mass is 458 g/mol. The van der Waals surface area contributed by atoms with Crippen molar-refractivity contribution in [1.82, 2.24) is 9.88 Å². The van der Waals surface area contributed by atoms with E-state index in [1.165, 1.54) is 17.0 Å². The van der Waals surface area contributed by atoms with E-state index in [1.807, 2.05) is 23.1 Å². The summed E-state index contributed by atoms with van der Waals surface area (Å²) in [4.78, 5) is 17.9. The third kappa shape index (κ3) is 4.32. The van der Waals surface area contributed by atoms with Gasteiger partial charge in [0.25, 0.3) is 0 Å². The van der Waals surface area contributed by atoms with Crippen molar-refractivity contribution in [2.45, 2.75) is 31.6 Å². The number of amides is 1. The minimum Gasteiger partial charge on any atom is -0.497 e. The van der Waals surface area contributed by atoms with Crippen molar-refractivity contribution in [1.29, 1.82) is 0 Å². The van der Waals surface area contributed by atoms with Crippen LogP contribution in [0.2, 0.25) is 0 Å². The number of nitrogens with one attached hydrogen (secondary N) is 1. The predicted octanol–water partition coefficient (Wildman–Crippen LogP) is 5.42. The number of nitrogens with zero attached hydrogens (tertiary/aromatic N) is 1. The topological polar surface area (TPSA) is 45.3 Å². The number of likely N-dealkylation sites (tertiary alicyclic amines) is 1. The van der Waals surface area contributed by atoms with Crippen LogP contribution in [-0.4, -0.2) is 36.0 Å². The molecular weight excluding hydrogens is 435 g/mol. The Labute approximate surface area is 178 Å². The van der Waals surface area contributed by atoms with Gasteiger partial charge in [0.15, 0.2) is 0 Å². The van der Waals surface area contributed by atoms with Crippen LogP contribution in [0.15, 0.2) is 47.1 Å². The predicted molar refractivity (Wildman–Crippen MR) is 116 cm³/mol. The van der Waals surface area contributed by atoms with Crippen LogP contribution in [0, 0.1) is 5.82 Å². The van der Waals surface area contributed by atoms with Gasteiger partial charge >= 0.3 is 0 Å². The van der Waals surface area contributed by atoms with E-state index < -0.39 is 0 Å². The summed E-state index contributed by atoms with van der Waals surface area (Å²) in [6.07, 6.45) is 4.72. The summed E-state index contributed by atoms with van der Waals surface area (Å²) in [6, 6.07) is 11.1. The molecule has 1 aliphatic rings. The van der Waals surface area contributed by atoms with Crippen LogP contribution in [-0.2, 0) is 11.2 Å². The van der Waals surface area contributed by atoms with Crippen LogP contribution < -0.4 is 4.74 Å². The Morgan fingerprint density at radius 3 is 2.76 bits per heavy atom. The van der Waals surface area contributed by atoms with E-state index in [2.05, 4.69) is 33.2 Å². The van der Waals surface area contributed by atoms with Crippen molar-refractivity contribution in [3.05, 3.63) is 64.0 Å². The molecule has 0 saturated carbocycles. The van der Waals surface area contributed by atoms with Crippen molar-refractivity contribution in [2.75, 3.05) is 20.2 Å². The smallest absolute Gasteiger partial charge is 0.222 e. The normalized spacial score (nSPS) is 15.1. The van der Waals surface area contributed by atoms with Crippen molar-refractivity contribution >= 4 is 32.7 Å². The molecular formula is C23H24BrFN2O2. The highest BCUT2D eigenvalue weighted by Crippen LogP contribution is 2.34. The minimum absolute atomic E-state index is 0.103.